The van der Waals surface area contributed by atoms with Crippen molar-refractivity contribution in [1.82, 2.24) is 4.57 Å². The van der Waals surface area contributed by atoms with Crippen molar-refractivity contribution in [1.29, 1.82) is 0 Å². The summed E-state index contributed by atoms with van der Waals surface area (Å²) >= 11 is 1.88. The molecule has 0 saturated carbocycles. The number of thiophene rings is 1. The average molecular weight is 835 g/mol. The Morgan fingerprint density at radius 3 is 1.48 bits per heavy atom. The molecular weight excluding hydrogens is 793 g/mol. The van der Waals surface area contributed by atoms with Crippen molar-refractivity contribution >= 4 is 70.4 Å². The van der Waals surface area contributed by atoms with Crippen LogP contribution in [0.1, 0.15) is 5.56 Å². The molecule has 0 saturated heterocycles. The van der Waals surface area contributed by atoms with Crippen molar-refractivity contribution in [3.63, 3.8) is 0 Å². The lowest BCUT2D eigenvalue weighted by atomic mass is 9.94. The van der Waals surface area contributed by atoms with E-state index >= 15 is 0 Å². The minimum absolute atomic E-state index is 1.11. The first kappa shape index (κ1) is 37.8. The third-order valence-electron chi connectivity index (χ3n) is 12.7. The van der Waals surface area contributed by atoms with Crippen LogP contribution in [0, 0.1) is 6.92 Å². The van der Waals surface area contributed by atoms with Crippen LogP contribution in [0.25, 0.3) is 92.2 Å². The molecule has 12 rings (SSSR count). The van der Waals surface area contributed by atoms with Crippen LogP contribution < -0.4 is 4.90 Å². The first-order valence-corrected chi connectivity index (χ1v) is 22.7. The van der Waals surface area contributed by atoms with Crippen molar-refractivity contribution in [3.8, 4) is 50.2 Å². The molecule has 10 aromatic carbocycles. The molecule has 0 N–H and O–H groups in total. The predicted octanol–water partition coefficient (Wildman–Crippen LogP) is 17.6. The largest absolute Gasteiger partial charge is 0.310 e. The van der Waals surface area contributed by atoms with Crippen LogP contribution in [0.3, 0.4) is 0 Å². The number of fused-ring (bicyclic) bond motifs is 6. The zero-order valence-corrected chi connectivity index (χ0v) is 36.1. The molecular formula is C61H42N2S. The van der Waals surface area contributed by atoms with Gasteiger partial charge in [0.1, 0.15) is 0 Å². The van der Waals surface area contributed by atoms with Crippen LogP contribution in [0.2, 0.25) is 0 Å². The lowest BCUT2D eigenvalue weighted by Crippen LogP contribution is -2.13. The van der Waals surface area contributed by atoms with Gasteiger partial charge in [0.15, 0.2) is 0 Å². The van der Waals surface area contributed by atoms with Gasteiger partial charge < -0.3 is 9.47 Å². The van der Waals surface area contributed by atoms with Gasteiger partial charge in [0.25, 0.3) is 0 Å². The number of anilines is 3. The van der Waals surface area contributed by atoms with E-state index in [1.165, 1.54) is 92.0 Å². The number of para-hydroxylation sites is 2. The van der Waals surface area contributed by atoms with E-state index in [9.17, 15) is 0 Å². The Bertz CT molecular complexity index is 3610. The van der Waals surface area contributed by atoms with Gasteiger partial charge in [-0.3, -0.25) is 0 Å². The molecule has 0 bridgehead atoms. The molecule has 12 aromatic rings. The topological polar surface area (TPSA) is 8.17 Å². The molecule has 0 radical (unpaired) electrons. The summed E-state index contributed by atoms with van der Waals surface area (Å²) in [6.45, 7) is 2.25. The van der Waals surface area contributed by atoms with Crippen LogP contribution in [0.5, 0.6) is 0 Å². The number of hydrogen-bond donors (Lipinski definition) is 0. The van der Waals surface area contributed by atoms with Crippen molar-refractivity contribution in [2.24, 2.45) is 0 Å². The lowest BCUT2D eigenvalue weighted by molar-refractivity contribution is 1.18. The van der Waals surface area contributed by atoms with E-state index < -0.39 is 0 Å². The van der Waals surface area contributed by atoms with Crippen molar-refractivity contribution in [3.05, 3.63) is 242 Å². The monoisotopic (exact) mass is 834 g/mol. The number of rotatable bonds is 8. The second-order valence-corrected chi connectivity index (χ2v) is 17.6. The van der Waals surface area contributed by atoms with Gasteiger partial charge in [0.05, 0.1) is 16.7 Å². The Balaban J connectivity index is 1.10. The SMILES string of the molecule is Cc1cc(-c2ccccc2)ccc1N(c1cc(-c2ccc(-n3c4ccccc4c4ccccc43)cc2)c2sc3ccccc3c2c1)c1ccc(-c2ccccc2)cc1-c1ccccc1. The highest BCUT2D eigenvalue weighted by Crippen LogP contribution is 2.49. The number of hydrogen-bond acceptors (Lipinski definition) is 2. The van der Waals surface area contributed by atoms with Gasteiger partial charge in [0, 0.05) is 59.1 Å². The van der Waals surface area contributed by atoms with E-state index in [1.54, 1.807) is 0 Å². The third-order valence-corrected chi connectivity index (χ3v) is 13.9. The highest BCUT2D eigenvalue weighted by molar-refractivity contribution is 7.26. The maximum absolute atomic E-state index is 2.50. The van der Waals surface area contributed by atoms with Crippen LogP contribution in [-0.4, -0.2) is 4.57 Å². The van der Waals surface area contributed by atoms with Crippen LogP contribution in [0.15, 0.2) is 237 Å². The Morgan fingerprint density at radius 2 is 0.859 bits per heavy atom. The van der Waals surface area contributed by atoms with Gasteiger partial charge in [-0.2, -0.15) is 0 Å². The standard InChI is InChI=1S/C61H42N2S/c1-41-37-46(42-17-5-2-6-18-42)31-35-56(41)63(59-36-32-47(43-19-7-3-8-20-43)38-53(59)44-21-9-4-10-22-44)49-39-54(61-55(40-49)52-25-13-16-28-60(52)64-61)45-29-33-48(34-30-45)62-57-26-14-11-23-50(57)51-24-12-15-27-58(51)62/h2-40H,1H3. The zero-order valence-electron chi connectivity index (χ0n) is 35.3. The maximum Gasteiger partial charge on any atom is 0.0541 e. The lowest BCUT2D eigenvalue weighted by Gasteiger charge is -2.30. The normalized spacial score (nSPS) is 11.5. The fourth-order valence-electron chi connectivity index (χ4n) is 9.66. The van der Waals surface area contributed by atoms with E-state index in [0.29, 0.717) is 0 Å². The number of benzene rings is 10. The molecule has 0 amide bonds. The van der Waals surface area contributed by atoms with Crippen LogP contribution in [0.4, 0.5) is 17.1 Å². The highest BCUT2D eigenvalue weighted by Gasteiger charge is 2.23. The maximum atomic E-state index is 2.50. The van der Waals surface area contributed by atoms with Gasteiger partial charge in [-0.25, -0.2) is 0 Å². The number of nitrogens with zero attached hydrogens (tertiary/aromatic N) is 2. The minimum atomic E-state index is 1.11. The van der Waals surface area contributed by atoms with Gasteiger partial charge >= 0.3 is 0 Å². The molecule has 302 valence electrons. The van der Waals surface area contributed by atoms with E-state index in [2.05, 4.69) is 253 Å². The van der Waals surface area contributed by atoms with E-state index in [1.807, 2.05) is 11.3 Å². The first-order chi connectivity index (χ1) is 31.7. The minimum Gasteiger partial charge on any atom is -0.310 e. The molecule has 0 aliphatic rings. The van der Waals surface area contributed by atoms with Crippen molar-refractivity contribution in [2.45, 2.75) is 6.92 Å². The fourth-order valence-corrected chi connectivity index (χ4v) is 10.9. The summed E-state index contributed by atoms with van der Waals surface area (Å²) < 4.78 is 4.96. The summed E-state index contributed by atoms with van der Waals surface area (Å²) in [6, 6.07) is 86.5. The molecule has 2 nitrogen and oxygen atoms in total. The Hall–Kier alpha value is -7.98. The molecule has 0 unspecified atom stereocenters. The molecule has 2 aromatic heterocycles. The highest BCUT2D eigenvalue weighted by atomic mass is 32.1. The average Bonchev–Trinajstić information content (AvgIpc) is 3.91. The Kier molecular flexibility index (Phi) is 9.28. The summed E-state index contributed by atoms with van der Waals surface area (Å²) in [7, 11) is 0. The van der Waals surface area contributed by atoms with Crippen LogP contribution >= 0.6 is 11.3 Å². The quantitative estimate of drug-likeness (QED) is 0.148. The molecule has 0 aliphatic carbocycles. The van der Waals surface area contributed by atoms with E-state index in [0.717, 1.165) is 22.7 Å². The molecule has 3 heteroatoms. The summed E-state index contributed by atoms with van der Waals surface area (Å²) in [5.74, 6) is 0. The Labute approximate surface area is 377 Å². The molecule has 0 aliphatic heterocycles. The summed E-state index contributed by atoms with van der Waals surface area (Å²) in [4.78, 5) is 2.50. The second kappa shape index (κ2) is 15.7. The molecule has 0 fully saturated rings. The summed E-state index contributed by atoms with van der Waals surface area (Å²) in [5, 5.41) is 5.05. The number of aromatic nitrogens is 1. The fraction of sp³-hybridized carbons (Fsp3) is 0.0164. The predicted molar refractivity (Wildman–Crippen MR) is 275 cm³/mol. The molecule has 0 spiro atoms. The summed E-state index contributed by atoms with van der Waals surface area (Å²) in [5.41, 5.74) is 17.6. The van der Waals surface area contributed by atoms with Crippen LogP contribution in [-0.2, 0) is 0 Å². The van der Waals surface area contributed by atoms with Gasteiger partial charge in [-0.1, -0.05) is 170 Å². The first-order valence-electron chi connectivity index (χ1n) is 21.9. The third kappa shape index (κ3) is 6.49. The van der Waals surface area contributed by atoms with E-state index in [4.69, 9.17) is 0 Å². The van der Waals surface area contributed by atoms with Gasteiger partial charge in [-0.15, -0.1) is 11.3 Å². The summed E-state index contributed by atoms with van der Waals surface area (Å²) in [6.07, 6.45) is 0. The molecule has 64 heavy (non-hydrogen) atoms. The molecule has 0 atom stereocenters. The smallest absolute Gasteiger partial charge is 0.0541 e. The van der Waals surface area contributed by atoms with Gasteiger partial charge in [-0.05, 0) is 113 Å². The molecule has 2 heterocycles. The van der Waals surface area contributed by atoms with Crippen molar-refractivity contribution < 1.29 is 0 Å². The van der Waals surface area contributed by atoms with Crippen molar-refractivity contribution in [2.75, 3.05) is 4.90 Å². The Morgan fingerprint density at radius 1 is 0.359 bits per heavy atom. The zero-order chi connectivity index (χ0) is 42.6. The van der Waals surface area contributed by atoms with E-state index in [-0.39, 0.29) is 0 Å². The van der Waals surface area contributed by atoms with Gasteiger partial charge in [0.2, 0.25) is 0 Å². The number of aryl methyl sites for hydroxylation is 1. The second-order valence-electron chi connectivity index (χ2n) is 16.6.